The second-order valence-electron chi connectivity index (χ2n) is 4.93. The molecule has 3 nitrogen and oxygen atoms in total. The number of alkyl halides is 1. The molecule has 0 unspecified atom stereocenters. The molecule has 0 heterocycles. The van der Waals surface area contributed by atoms with Crippen LogP contribution in [0.25, 0.3) is 0 Å². The Hall–Kier alpha value is -0.0900. The molecule has 0 bridgehead atoms. The first kappa shape index (κ1) is 15.0. The van der Waals surface area contributed by atoms with Gasteiger partial charge in [-0.2, -0.15) is 0 Å². The monoisotopic (exact) mass is 305 g/mol. The van der Waals surface area contributed by atoms with Crippen LogP contribution in [-0.4, -0.2) is 41.4 Å². The quantitative estimate of drug-likeness (QED) is 0.706. The molecule has 0 aromatic heterocycles. The van der Waals surface area contributed by atoms with E-state index in [0.717, 1.165) is 24.7 Å². The number of rotatable bonds is 6. The van der Waals surface area contributed by atoms with Crippen LogP contribution in [-0.2, 0) is 9.53 Å². The van der Waals surface area contributed by atoms with E-state index in [-0.39, 0.29) is 18.6 Å². The van der Waals surface area contributed by atoms with Crippen LogP contribution in [0.15, 0.2) is 0 Å². The third kappa shape index (κ3) is 5.38. The van der Waals surface area contributed by atoms with Gasteiger partial charge in [0.25, 0.3) is 0 Å². The fraction of sp³-hybridized carbons (Fsp3) is 0.923. The molecule has 100 valence electrons. The number of amides is 1. The first-order chi connectivity index (χ1) is 8.15. The van der Waals surface area contributed by atoms with Gasteiger partial charge in [-0.05, 0) is 26.7 Å². The topological polar surface area (TPSA) is 29.5 Å². The van der Waals surface area contributed by atoms with Crippen molar-refractivity contribution in [2.24, 2.45) is 0 Å². The number of ether oxygens (including phenoxy) is 1. The standard InChI is InChI=1S/C13H24BrNO2/c1-11(2)17-10-13(16)15(9-8-14)12-6-4-3-5-7-12/h11-12H,3-10H2,1-2H3. The highest BCUT2D eigenvalue weighted by molar-refractivity contribution is 9.09. The van der Waals surface area contributed by atoms with Gasteiger partial charge in [-0.3, -0.25) is 4.79 Å². The lowest BCUT2D eigenvalue weighted by Gasteiger charge is -2.34. The van der Waals surface area contributed by atoms with Gasteiger partial charge >= 0.3 is 0 Å². The van der Waals surface area contributed by atoms with Crippen molar-refractivity contribution in [2.75, 3.05) is 18.5 Å². The summed E-state index contributed by atoms with van der Waals surface area (Å²) >= 11 is 3.43. The molecule has 1 aliphatic carbocycles. The molecule has 0 aromatic rings. The lowest BCUT2D eigenvalue weighted by molar-refractivity contribution is -0.140. The van der Waals surface area contributed by atoms with E-state index in [4.69, 9.17) is 4.74 Å². The fourth-order valence-electron chi connectivity index (χ4n) is 2.32. The van der Waals surface area contributed by atoms with Crippen molar-refractivity contribution in [1.82, 2.24) is 4.90 Å². The van der Waals surface area contributed by atoms with Crippen molar-refractivity contribution >= 4 is 21.8 Å². The van der Waals surface area contributed by atoms with Gasteiger partial charge < -0.3 is 9.64 Å². The van der Waals surface area contributed by atoms with E-state index in [1.54, 1.807) is 0 Å². The Morgan fingerprint density at radius 1 is 1.35 bits per heavy atom. The Bertz CT molecular complexity index is 227. The summed E-state index contributed by atoms with van der Waals surface area (Å²) in [5.74, 6) is 0.144. The summed E-state index contributed by atoms with van der Waals surface area (Å²) in [6.45, 7) is 4.94. The summed E-state index contributed by atoms with van der Waals surface area (Å²) in [5.41, 5.74) is 0. The molecule has 1 fully saturated rings. The molecule has 1 amide bonds. The van der Waals surface area contributed by atoms with E-state index >= 15 is 0 Å². The molecule has 0 saturated heterocycles. The Labute approximate surface area is 113 Å². The molecule has 17 heavy (non-hydrogen) atoms. The van der Waals surface area contributed by atoms with Crippen LogP contribution in [0.1, 0.15) is 46.0 Å². The van der Waals surface area contributed by atoms with Crippen molar-refractivity contribution in [3.05, 3.63) is 0 Å². The number of carbonyl (C=O) groups is 1. The van der Waals surface area contributed by atoms with E-state index in [1.807, 2.05) is 18.7 Å². The zero-order valence-electron chi connectivity index (χ0n) is 11.0. The van der Waals surface area contributed by atoms with Crippen molar-refractivity contribution in [3.8, 4) is 0 Å². The largest absolute Gasteiger partial charge is 0.369 e. The van der Waals surface area contributed by atoms with Crippen molar-refractivity contribution in [2.45, 2.75) is 58.1 Å². The molecule has 0 atom stereocenters. The van der Waals surface area contributed by atoms with Gasteiger partial charge in [0.1, 0.15) is 6.61 Å². The van der Waals surface area contributed by atoms with E-state index < -0.39 is 0 Å². The van der Waals surface area contributed by atoms with E-state index in [1.165, 1.54) is 19.3 Å². The lowest BCUT2D eigenvalue weighted by atomic mass is 9.94. The fourth-order valence-corrected chi connectivity index (χ4v) is 2.70. The predicted octanol–water partition coefficient (Wildman–Crippen LogP) is 2.97. The smallest absolute Gasteiger partial charge is 0.248 e. The third-order valence-electron chi connectivity index (χ3n) is 3.20. The van der Waals surface area contributed by atoms with Gasteiger partial charge in [0.05, 0.1) is 6.10 Å². The molecule has 0 radical (unpaired) electrons. The SMILES string of the molecule is CC(C)OCC(=O)N(CCBr)C1CCCCC1. The summed E-state index contributed by atoms with van der Waals surface area (Å²) in [5, 5.41) is 0.844. The van der Waals surface area contributed by atoms with Crippen LogP contribution < -0.4 is 0 Å². The van der Waals surface area contributed by atoms with Crippen LogP contribution in [0.3, 0.4) is 0 Å². The van der Waals surface area contributed by atoms with Crippen molar-refractivity contribution < 1.29 is 9.53 Å². The van der Waals surface area contributed by atoms with Gasteiger partial charge in [0.2, 0.25) is 5.91 Å². The molecule has 0 aliphatic heterocycles. The molecule has 4 heteroatoms. The van der Waals surface area contributed by atoms with Crippen LogP contribution in [0, 0.1) is 0 Å². The highest BCUT2D eigenvalue weighted by Crippen LogP contribution is 2.22. The van der Waals surface area contributed by atoms with Crippen LogP contribution in [0.5, 0.6) is 0 Å². The van der Waals surface area contributed by atoms with E-state index in [2.05, 4.69) is 15.9 Å². The van der Waals surface area contributed by atoms with Gasteiger partial charge in [-0.1, -0.05) is 35.2 Å². The second-order valence-corrected chi connectivity index (χ2v) is 5.72. The number of hydrogen-bond acceptors (Lipinski definition) is 2. The minimum atomic E-state index is 0.121. The second kappa shape index (κ2) is 8.09. The summed E-state index contributed by atoms with van der Waals surface area (Å²) < 4.78 is 5.42. The van der Waals surface area contributed by atoms with Gasteiger partial charge in [0, 0.05) is 17.9 Å². The molecule has 1 rings (SSSR count). The zero-order valence-corrected chi connectivity index (χ0v) is 12.5. The van der Waals surface area contributed by atoms with Crippen LogP contribution >= 0.6 is 15.9 Å². The lowest BCUT2D eigenvalue weighted by Crippen LogP contribution is -2.44. The number of nitrogens with zero attached hydrogens (tertiary/aromatic N) is 1. The highest BCUT2D eigenvalue weighted by Gasteiger charge is 2.24. The average molecular weight is 306 g/mol. The zero-order chi connectivity index (χ0) is 12.7. The minimum Gasteiger partial charge on any atom is -0.369 e. The first-order valence-electron chi connectivity index (χ1n) is 6.62. The summed E-state index contributed by atoms with van der Waals surface area (Å²) in [6, 6.07) is 0.435. The summed E-state index contributed by atoms with van der Waals surface area (Å²) in [4.78, 5) is 14.1. The summed E-state index contributed by atoms with van der Waals surface area (Å²) in [6.07, 6.45) is 6.25. The summed E-state index contributed by atoms with van der Waals surface area (Å²) in [7, 11) is 0. The van der Waals surface area contributed by atoms with Gasteiger partial charge in [-0.15, -0.1) is 0 Å². The van der Waals surface area contributed by atoms with Crippen LogP contribution in [0.2, 0.25) is 0 Å². The normalized spacial score (nSPS) is 17.4. The minimum absolute atomic E-state index is 0.121. The first-order valence-corrected chi connectivity index (χ1v) is 7.74. The van der Waals surface area contributed by atoms with E-state index in [0.29, 0.717) is 6.04 Å². The number of hydrogen-bond donors (Lipinski definition) is 0. The molecule has 1 saturated carbocycles. The molecule has 1 aliphatic rings. The Kier molecular flexibility index (Phi) is 7.12. The molecule has 0 spiro atoms. The maximum Gasteiger partial charge on any atom is 0.248 e. The van der Waals surface area contributed by atoms with E-state index in [9.17, 15) is 4.79 Å². The van der Waals surface area contributed by atoms with Crippen molar-refractivity contribution in [3.63, 3.8) is 0 Å². The Morgan fingerprint density at radius 3 is 2.53 bits per heavy atom. The van der Waals surface area contributed by atoms with Gasteiger partial charge in [0.15, 0.2) is 0 Å². The Morgan fingerprint density at radius 2 is 2.00 bits per heavy atom. The predicted molar refractivity (Wildman–Crippen MR) is 73.5 cm³/mol. The molecular weight excluding hydrogens is 282 g/mol. The maximum atomic E-state index is 12.1. The number of carbonyl (C=O) groups excluding carboxylic acids is 1. The Balaban J connectivity index is 2.47. The highest BCUT2D eigenvalue weighted by atomic mass is 79.9. The van der Waals surface area contributed by atoms with Crippen LogP contribution in [0.4, 0.5) is 0 Å². The van der Waals surface area contributed by atoms with Gasteiger partial charge in [-0.25, -0.2) is 0 Å². The number of halogens is 1. The van der Waals surface area contributed by atoms with Crippen molar-refractivity contribution in [1.29, 1.82) is 0 Å². The third-order valence-corrected chi connectivity index (χ3v) is 3.56. The maximum absolute atomic E-state index is 12.1. The molecule has 0 aromatic carbocycles. The molecule has 0 N–H and O–H groups in total. The average Bonchev–Trinajstić information content (AvgIpc) is 2.34. The molecular formula is C13H24BrNO2.